The summed E-state index contributed by atoms with van der Waals surface area (Å²) in [5, 5.41) is 0. The van der Waals surface area contributed by atoms with E-state index in [2.05, 4.69) is 0 Å². The van der Waals surface area contributed by atoms with E-state index in [9.17, 15) is 9.59 Å². The van der Waals surface area contributed by atoms with Crippen LogP contribution in [0.4, 0.5) is 4.79 Å². The highest BCUT2D eigenvalue weighted by atomic mass is 16.6. The van der Waals surface area contributed by atoms with Gasteiger partial charge < -0.3 is 15.3 Å². The Balaban J connectivity index is 2.76. The highest BCUT2D eigenvalue weighted by Crippen LogP contribution is 2.33. The molecule has 1 aliphatic rings. The van der Waals surface area contributed by atoms with Crippen LogP contribution in [0.1, 0.15) is 34.1 Å². The molecule has 0 aromatic rings. The maximum atomic E-state index is 11.9. The second kappa shape index (κ2) is 4.64. The Morgan fingerprint density at radius 3 is 2.59 bits per heavy atom. The lowest BCUT2D eigenvalue weighted by Crippen LogP contribution is -2.41. The summed E-state index contributed by atoms with van der Waals surface area (Å²) < 4.78 is 5.28. The van der Waals surface area contributed by atoms with Gasteiger partial charge in [0.05, 0.1) is 6.04 Å². The molecule has 1 heterocycles. The fourth-order valence-electron chi connectivity index (χ4n) is 2.00. The Labute approximate surface area is 102 Å². The van der Waals surface area contributed by atoms with Crippen LogP contribution in [0, 0.1) is 5.41 Å². The number of nitrogens with zero attached hydrogens (tertiary/aromatic N) is 1. The Hall–Kier alpha value is -1.10. The molecule has 2 atom stereocenters. The van der Waals surface area contributed by atoms with Crippen molar-refractivity contribution in [2.75, 3.05) is 13.1 Å². The molecule has 17 heavy (non-hydrogen) atoms. The summed E-state index contributed by atoms with van der Waals surface area (Å²) in [5.74, 6) is 0. The van der Waals surface area contributed by atoms with Crippen LogP contribution in [-0.2, 0) is 9.53 Å². The largest absolute Gasteiger partial charge is 0.444 e. The molecular formula is C12H22N2O3. The van der Waals surface area contributed by atoms with E-state index in [1.807, 2.05) is 6.92 Å². The number of hydrogen-bond donors (Lipinski definition) is 1. The lowest BCUT2D eigenvalue weighted by molar-refractivity contribution is -0.111. The van der Waals surface area contributed by atoms with Crippen LogP contribution in [0.2, 0.25) is 0 Å². The average Bonchev–Trinajstić information content (AvgIpc) is 2.54. The molecule has 0 spiro atoms. The smallest absolute Gasteiger partial charge is 0.410 e. The molecule has 0 aromatic carbocycles. The Morgan fingerprint density at radius 2 is 2.18 bits per heavy atom. The molecule has 0 radical (unpaired) electrons. The van der Waals surface area contributed by atoms with Crippen LogP contribution in [-0.4, -0.2) is 42.0 Å². The van der Waals surface area contributed by atoms with Crippen LogP contribution in [0.15, 0.2) is 0 Å². The van der Waals surface area contributed by atoms with Gasteiger partial charge in [0, 0.05) is 6.54 Å². The molecule has 1 aliphatic heterocycles. The van der Waals surface area contributed by atoms with Gasteiger partial charge in [-0.1, -0.05) is 6.92 Å². The number of carbonyl (C=O) groups is 2. The quantitative estimate of drug-likeness (QED) is 0.737. The zero-order valence-corrected chi connectivity index (χ0v) is 11.0. The van der Waals surface area contributed by atoms with Gasteiger partial charge in [-0.3, -0.25) is 4.90 Å². The second-order valence-corrected chi connectivity index (χ2v) is 6.03. The molecule has 5 heteroatoms. The Kier molecular flexibility index (Phi) is 3.81. The van der Waals surface area contributed by atoms with Crippen molar-refractivity contribution < 1.29 is 14.3 Å². The molecule has 98 valence electrons. The standard InChI is InChI=1S/C12H22N2O3/c1-11(2,3)17-10(16)14-8-12(4,7-13)5-9(14)6-15/h6,9H,5,7-8,13H2,1-4H3. The molecule has 1 amide bonds. The summed E-state index contributed by atoms with van der Waals surface area (Å²) in [6.45, 7) is 8.32. The van der Waals surface area contributed by atoms with Crippen LogP contribution in [0.5, 0.6) is 0 Å². The van der Waals surface area contributed by atoms with Crippen molar-refractivity contribution in [2.24, 2.45) is 11.1 Å². The highest BCUT2D eigenvalue weighted by Gasteiger charge is 2.43. The number of hydrogen-bond acceptors (Lipinski definition) is 4. The van der Waals surface area contributed by atoms with Gasteiger partial charge in [-0.2, -0.15) is 0 Å². The zero-order chi connectivity index (χ0) is 13.3. The maximum Gasteiger partial charge on any atom is 0.410 e. The van der Waals surface area contributed by atoms with Crippen molar-refractivity contribution >= 4 is 12.4 Å². The summed E-state index contributed by atoms with van der Waals surface area (Å²) in [7, 11) is 0. The van der Waals surface area contributed by atoms with Crippen molar-refractivity contribution in [3.8, 4) is 0 Å². The summed E-state index contributed by atoms with van der Waals surface area (Å²) in [6, 6.07) is -0.418. The predicted octanol–water partition coefficient (Wildman–Crippen LogP) is 1.16. The van der Waals surface area contributed by atoms with Gasteiger partial charge in [0.15, 0.2) is 0 Å². The normalized spacial score (nSPS) is 29.2. The lowest BCUT2D eigenvalue weighted by Gasteiger charge is -2.27. The third-order valence-electron chi connectivity index (χ3n) is 2.93. The number of likely N-dealkylation sites (tertiary alicyclic amines) is 1. The van der Waals surface area contributed by atoms with Gasteiger partial charge in [0.1, 0.15) is 11.9 Å². The first-order chi connectivity index (χ1) is 7.71. The number of nitrogens with two attached hydrogens (primary N) is 1. The van der Waals surface area contributed by atoms with E-state index >= 15 is 0 Å². The molecule has 5 nitrogen and oxygen atoms in total. The predicted molar refractivity (Wildman–Crippen MR) is 64.6 cm³/mol. The molecule has 1 saturated heterocycles. The summed E-state index contributed by atoms with van der Waals surface area (Å²) >= 11 is 0. The maximum absolute atomic E-state index is 11.9. The molecule has 0 bridgehead atoms. The minimum atomic E-state index is -0.549. The Morgan fingerprint density at radius 1 is 1.59 bits per heavy atom. The average molecular weight is 242 g/mol. The van der Waals surface area contributed by atoms with Crippen molar-refractivity contribution in [2.45, 2.75) is 45.8 Å². The van der Waals surface area contributed by atoms with E-state index < -0.39 is 17.7 Å². The van der Waals surface area contributed by atoms with Gasteiger partial charge in [-0.25, -0.2) is 4.79 Å². The van der Waals surface area contributed by atoms with Gasteiger partial charge in [-0.05, 0) is 39.2 Å². The molecule has 0 aliphatic carbocycles. The van der Waals surface area contributed by atoms with Gasteiger partial charge in [0.2, 0.25) is 0 Å². The fourth-order valence-corrected chi connectivity index (χ4v) is 2.00. The van der Waals surface area contributed by atoms with Crippen LogP contribution >= 0.6 is 0 Å². The van der Waals surface area contributed by atoms with Gasteiger partial charge in [0.25, 0.3) is 0 Å². The third-order valence-corrected chi connectivity index (χ3v) is 2.93. The number of amides is 1. The van der Waals surface area contributed by atoms with Gasteiger partial charge in [-0.15, -0.1) is 0 Å². The third kappa shape index (κ3) is 3.43. The van der Waals surface area contributed by atoms with E-state index in [1.54, 1.807) is 20.8 Å². The SMILES string of the molecule is CC1(CN)CC(C=O)N(C(=O)OC(C)(C)C)C1. The molecule has 1 rings (SSSR count). The number of carbonyl (C=O) groups excluding carboxylic acids is 2. The molecule has 0 aromatic heterocycles. The first-order valence-electron chi connectivity index (χ1n) is 5.86. The number of rotatable bonds is 2. The fraction of sp³-hybridized carbons (Fsp3) is 0.833. The topological polar surface area (TPSA) is 72.6 Å². The summed E-state index contributed by atoms with van der Waals surface area (Å²) in [6.07, 6.45) is 0.962. The molecule has 0 saturated carbocycles. The Bertz CT molecular complexity index is 311. The van der Waals surface area contributed by atoms with Gasteiger partial charge >= 0.3 is 6.09 Å². The van der Waals surface area contributed by atoms with Crippen LogP contribution in [0.3, 0.4) is 0 Å². The summed E-state index contributed by atoms with van der Waals surface area (Å²) in [5.41, 5.74) is 4.94. The highest BCUT2D eigenvalue weighted by molar-refractivity contribution is 5.74. The van der Waals surface area contributed by atoms with E-state index in [-0.39, 0.29) is 5.41 Å². The number of aldehydes is 1. The number of ether oxygens (including phenoxy) is 1. The molecule has 1 fully saturated rings. The van der Waals surface area contributed by atoms with Crippen molar-refractivity contribution in [1.82, 2.24) is 4.90 Å². The molecule has 2 N–H and O–H groups in total. The zero-order valence-electron chi connectivity index (χ0n) is 11.0. The molecular weight excluding hydrogens is 220 g/mol. The first kappa shape index (κ1) is 14.0. The summed E-state index contributed by atoms with van der Waals surface area (Å²) in [4.78, 5) is 24.4. The van der Waals surface area contributed by atoms with E-state index in [4.69, 9.17) is 10.5 Å². The van der Waals surface area contributed by atoms with E-state index in [0.29, 0.717) is 19.5 Å². The van der Waals surface area contributed by atoms with Crippen molar-refractivity contribution in [1.29, 1.82) is 0 Å². The first-order valence-corrected chi connectivity index (χ1v) is 5.86. The monoisotopic (exact) mass is 242 g/mol. The van der Waals surface area contributed by atoms with Crippen molar-refractivity contribution in [3.63, 3.8) is 0 Å². The van der Waals surface area contributed by atoms with E-state index in [0.717, 1.165) is 6.29 Å². The minimum Gasteiger partial charge on any atom is -0.444 e. The molecule has 2 unspecified atom stereocenters. The van der Waals surface area contributed by atoms with Crippen LogP contribution in [0.25, 0.3) is 0 Å². The van der Waals surface area contributed by atoms with E-state index in [1.165, 1.54) is 4.90 Å². The van der Waals surface area contributed by atoms with Crippen molar-refractivity contribution in [3.05, 3.63) is 0 Å². The second-order valence-electron chi connectivity index (χ2n) is 6.03. The van der Waals surface area contributed by atoms with Crippen LogP contribution < -0.4 is 5.73 Å². The minimum absolute atomic E-state index is 0.192. The lowest BCUT2D eigenvalue weighted by atomic mass is 9.88.